The quantitative estimate of drug-likeness (QED) is 0.722. The van der Waals surface area contributed by atoms with Crippen LogP contribution in [0.1, 0.15) is 39.0 Å². The van der Waals surface area contributed by atoms with Gasteiger partial charge in [0.15, 0.2) is 0 Å². The van der Waals surface area contributed by atoms with Crippen molar-refractivity contribution >= 4 is 5.97 Å². The third kappa shape index (κ3) is 4.75. The molecule has 0 spiro atoms. The fourth-order valence-electron chi connectivity index (χ4n) is 2.88. The highest BCUT2D eigenvalue weighted by atomic mass is 16.4. The summed E-state index contributed by atoms with van der Waals surface area (Å²) in [5, 5.41) is 9.29. The number of rotatable bonds is 7. The number of carboxylic acid groups (broad SMARTS) is 1. The minimum atomic E-state index is -1.02. The van der Waals surface area contributed by atoms with E-state index in [1.54, 1.807) is 0 Å². The first-order valence-electron chi connectivity index (χ1n) is 7.30. The molecule has 5 heteroatoms. The average Bonchev–Trinajstić information content (AvgIpc) is 2.34. The molecule has 0 radical (unpaired) electrons. The highest BCUT2D eigenvalue weighted by molar-refractivity contribution is 5.78. The molecule has 1 aliphatic carbocycles. The van der Waals surface area contributed by atoms with E-state index in [9.17, 15) is 9.90 Å². The van der Waals surface area contributed by atoms with E-state index >= 15 is 0 Å². The van der Waals surface area contributed by atoms with Gasteiger partial charge in [-0.05, 0) is 52.7 Å². The molecule has 0 aliphatic heterocycles. The van der Waals surface area contributed by atoms with Crippen LogP contribution in [-0.2, 0) is 4.79 Å². The van der Waals surface area contributed by atoms with Crippen LogP contribution in [0.15, 0.2) is 0 Å². The number of carboxylic acids is 1. The fraction of sp³-hybridized carbons (Fsp3) is 0.929. The summed E-state index contributed by atoms with van der Waals surface area (Å²) in [6, 6.07) is 0.315. The molecule has 0 aromatic rings. The van der Waals surface area contributed by atoms with E-state index in [2.05, 4.69) is 30.8 Å². The Labute approximate surface area is 116 Å². The molecule has 0 amide bonds. The fourth-order valence-corrected chi connectivity index (χ4v) is 2.88. The third-order valence-electron chi connectivity index (χ3n) is 4.05. The normalized spacial score (nSPS) is 28.0. The first-order chi connectivity index (χ1) is 8.89. The number of nitrogens with zero attached hydrogens (tertiary/aromatic N) is 2. The summed E-state index contributed by atoms with van der Waals surface area (Å²) in [7, 11) is 4.13. The Hall–Kier alpha value is -0.650. The van der Waals surface area contributed by atoms with Gasteiger partial charge in [-0.15, -0.1) is 0 Å². The van der Waals surface area contributed by atoms with Crippen LogP contribution in [0.5, 0.6) is 0 Å². The molecule has 112 valence electrons. The molecule has 1 aliphatic rings. The third-order valence-corrected chi connectivity index (χ3v) is 4.05. The first kappa shape index (κ1) is 16.4. The summed E-state index contributed by atoms with van der Waals surface area (Å²) in [5.41, 5.74) is 5.02. The molecule has 2 atom stereocenters. The molecule has 0 aromatic heterocycles. The minimum Gasteiger partial charge on any atom is -0.480 e. The molecule has 0 saturated heterocycles. The molecular weight excluding hydrogens is 242 g/mol. The molecule has 3 N–H and O–H groups in total. The number of nitrogens with two attached hydrogens (primary N) is 1. The van der Waals surface area contributed by atoms with Gasteiger partial charge in [-0.25, -0.2) is 0 Å². The highest BCUT2D eigenvalue weighted by Crippen LogP contribution is 2.29. The Morgan fingerprint density at radius 3 is 2.58 bits per heavy atom. The largest absolute Gasteiger partial charge is 0.480 e. The summed E-state index contributed by atoms with van der Waals surface area (Å²) >= 11 is 0. The second-order valence-corrected chi connectivity index (χ2v) is 6.05. The summed E-state index contributed by atoms with van der Waals surface area (Å²) in [5.74, 6) is -0.846. The van der Waals surface area contributed by atoms with E-state index < -0.39 is 11.5 Å². The highest BCUT2D eigenvalue weighted by Gasteiger charge is 2.40. The molecule has 0 bridgehead atoms. The van der Waals surface area contributed by atoms with E-state index in [1.807, 2.05) is 0 Å². The van der Waals surface area contributed by atoms with Crippen LogP contribution >= 0.6 is 0 Å². The lowest BCUT2D eigenvalue weighted by molar-refractivity contribution is -0.145. The second-order valence-electron chi connectivity index (χ2n) is 6.05. The Morgan fingerprint density at radius 1 is 1.37 bits per heavy atom. The monoisotopic (exact) mass is 271 g/mol. The van der Waals surface area contributed by atoms with Crippen molar-refractivity contribution in [3.63, 3.8) is 0 Å². The van der Waals surface area contributed by atoms with Gasteiger partial charge in [-0.1, -0.05) is 6.92 Å². The van der Waals surface area contributed by atoms with E-state index in [1.165, 1.54) is 0 Å². The van der Waals surface area contributed by atoms with Crippen LogP contribution < -0.4 is 5.73 Å². The molecular formula is C14H29N3O2. The maximum Gasteiger partial charge on any atom is 0.323 e. The average molecular weight is 271 g/mol. The summed E-state index contributed by atoms with van der Waals surface area (Å²) in [6.07, 6.45) is 4.26. The predicted molar refractivity (Wildman–Crippen MR) is 77.2 cm³/mol. The molecule has 19 heavy (non-hydrogen) atoms. The maximum atomic E-state index is 11.3. The number of hydrogen-bond donors (Lipinski definition) is 2. The number of carbonyl (C=O) groups is 1. The summed E-state index contributed by atoms with van der Waals surface area (Å²) in [4.78, 5) is 15.9. The van der Waals surface area contributed by atoms with Crippen LogP contribution in [0, 0.1) is 0 Å². The van der Waals surface area contributed by atoms with Crippen LogP contribution in [-0.4, -0.2) is 66.2 Å². The Balaban J connectivity index is 2.65. The maximum absolute atomic E-state index is 11.3. The summed E-state index contributed by atoms with van der Waals surface area (Å²) in [6.45, 7) is 5.18. The molecule has 1 fully saturated rings. The number of hydrogen-bond acceptors (Lipinski definition) is 4. The lowest BCUT2D eigenvalue weighted by Gasteiger charge is -2.41. The van der Waals surface area contributed by atoms with Gasteiger partial charge in [0.05, 0.1) is 0 Å². The van der Waals surface area contributed by atoms with E-state index in [0.717, 1.165) is 38.9 Å². The van der Waals surface area contributed by atoms with Crippen molar-refractivity contribution in [2.45, 2.75) is 50.6 Å². The van der Waals surface area contributed by atoms with E-state index in [-0.39, 0.29) is 0 Å². The van der Waals surface area contributed by atoms with E-state index in [4.69, 9.17) is 5.73 Å². The molecule has 2 unspecified atom stereocenters. The van der Waals surface area contributed by atoms with Crippen molar-refractivity contribution in [2.75, 3.05) is 33.7 Å². The molecule has 1 rings (SSSR count). The zero-order valence-corrected chi connectivity index (χ0v) is 12.6. The zero-order valence-electron chi connectivity index (χ0n) is 12.6. The van der Waals surface area contributed by atoms with Gasteiger partial charge in [0, 0.05) is 19.1 Å². The van der Waals surface area contributed by atoms with Crippen molar-refractivity contribution in [2.24, 2.45) is 5.73 Å². The van der Waals surface area contributed by atoms with Crippen molar-refractivity contribution in [3.8, 4) is 0 Å². The van der Waals surface area contributed by atoms with Gasteiger partial charge in [0.2, 0.25) is 0 Å². The van der Waals surface area contributed by atoms with Crippen molar-refractivity contribution < 1.29 is 9.90 Å². The molecule has 0 heterocycles. The van der Waals surface area contributed by atoms with Crippen molar-refractivity contribution in [3.05, 3.63) is 0 Å². The van der Waals surface area contributed by atoms with Gasteiger partial charge in [-0.3, -0.25) is 9.69 Å². The van der Waals surface area contributed by atoms with Gasteiger partial charge in [0.1, 0.15) is 5.54 Å². The van der Waals surface area contributed by atoms with Crippen LogP contribution in [0.25, 0.3) is 0 Å². The van der Waals surface area contributed by atoms with E-state index in [0.29, 0.717) is 18.9 Å². The first-order valence-corrected chi connectivity index (χ1v) is 7.30. The van der Waals surface area contributed by atoms with Crippen LogP contribution in [0.2, 0.25) is 0 Å². The Morgan fingerprint density at radius 2 is 2.05 bits per heavy atom. The van der Waals surface area contributed by atoms with Gasteiger partial charge in [-0.2, -0.15) is 0 Å². The topological polar surface area (TPSA) is 69.8 Å². The van der Waals surface area contributed by atoms with Gasteiger partial charge >= 0.3 is 5.97 Å². The minimum absolute atomic E-state index is 0.315. The van der Waals surface area contributed by atoms with Crippen LogP contribution in [0.3, 0.4) is 0 Å². The smallest absolute Gasteiger partial charge is 0.323 e. The van der Waals surface area contributed by atoms with Crippen LogP contribution in [0.4, 0.5) is 0 Å². The SMILES string of the molecule is CCCN(CCN(C)C)C1CCCC(N)(C(=O)O)C1. The Bertz CT molecular complexity index is 296. The summed E-state index contributed by atoms with van der Waals surface area (Å²) < 4.78 is 0. The standard InChI is InChI=1S/C14H29N3O2/c1-4-8-17(10-9-16(2)3)12-6-5-7-14(15,11-12)13(18)19/h12H,4-11,15H2,1-3H3,(H,18,19). The van der Waals surface area contributed by atoms with Crippen molar-refractivity contribution in [1.29, 1.82) is 0 Å². The lowest BCUT2D eigenvalue weighted by Crippen LogP contribution is -2.56. The molecule has 5 nitrogen and oxygen atoms in total. The number of likely N-dealkylation sites (N-methyl/N-ethyl adjacent to an activating group) is 1. The van der Waals surface area contributed by atoms with Gasteiger partial charge < -0.3 is 15.7 Å². The van der Waals surface area contributed by atoms with Crippen molar-refractivity contribution in [1.82, 2.24) is 9.80 Å². The molecule has 0 aromatic carbocycles. The Kier molecular flexibility index (Phi) is 6.23. The number of aliphatic carboxylic acids is 1. The van der Waals surface area contributed by atoms with Gasteiger partial charge in [0.25, 0.3) is 0 Å². The second kappa shape index (κ2) is 7.22. The lowest BCUT2D eigenvalue weighted by atomic mass is 9.79. The predicted octanol–water partition coefficient (Wildman–Crippen LogP) is 0.985. The zero-order chi connectivity index (χ0) is 14.5. The molecule has 1 saturated carbocycles.